The predicted octanol–water partition coefficient (Wildman–Crippen LogP) is 1.71. The molecule has 1 saturated carbocycles. The molecule has 2 amide bonds. The Bertz CT molecular complexity index is 542. The number of methoxy groups -OCH3 is 1. The fourth-order valence-electron chi connectivity index (χ4n) is 1.68. The first kappa shape index (κ1) is 14.2. The van der Waals surface area contributed by atoms with Gasteiger partial charge in [-0.25, -0.2) is 4.79 Å². The highest BCUT2D eigenvalue weighted by Gasteiger charge is 2.23. The average Bonchev–Trinajstić information content (AvgIpc) is 3.23. The number of amides is 2. The summed E-state index contributed by atoms with van der Waals surface area (Å²) in [5.74, 6) is 6.36. The number of urea groups is 1. The average molecular weight is 274 g/mol. The van der Waals surface area contributed by atoms with Gasteiger partial charge in [-0.2, -0.15) is 0 Å². The van der Waals surface area contributed by atoms with E-state index in [2.05, 4.69) is 22.5 Å². The fraction of sp³-hybridized carbons (Fsp3) is 0.400. The third kappa shape index (κ3) is 4.18. The summed E-state index contributed by atoms with van der Waals surface area (Å²) in [5.41, 5.74) is 1.35. The number of nitrogens with one attached hydrogen (secondary N) is 2. The van der Waals surface area contributed by atoms with Crippen molar-refractivity contribution < 1.29 is 14.6 Å². The number of carbonyl (C=O) groups excluding carboxylic acids is 1. The van der Waals surface area contributed by atoms with Crippen LogP contribution in [-0.2, 0) is 0 Å². The lowest BCUT2D eigenvalue weighted by atomic mass is 10.2. The molecule has 3 N–H and O–H groups in total. The molecule has 0 atom stereocenters. The molecule has 1 aromatic rings. The van der Waals surface area contributed by atoms with Crippen LogP contribution in [0.4, 0.5) is 10.5 Å². The molecule has 0 bridgehead atoms. The van der Waals surface area contributed by atoms with Gasteiger partial charge in [-0.3, -0.25) is 0 Å². The van der Waals surface area contributed by atoms with Gasteiger partial charge in [-0.15, -0.1) is 0 Å². The molecule has 0 saturated heterocycles. The van der Waals surface area contributed by atoms with Crippen LogP contribution in [0, 0.1) is 11.8 Å². The Labute approximate surface area is 118 Å². The van der Waals surface area contributed by atoms with Crippen molar-refractivity contribution in [1.29, 1.82) is 0 Å². The number of rotatable bonds is 4. The maximum Gasteiger partial charge on any atom is 0.319 e. The van der Waals surface area contributed by atoms with Crippen LogP contribution in [0.3, 0.4) is 0 Å². The number of hydrogen-bond acceptors (Lipinski definition) is 3. The number of carbonyl (C=O) groups is 1. The van der Waals surface area contributed by atoms with Gasteiger partial charge in [0.25, 0.3) is 0 Å². The Kier molecular flexibility index (Phi) is 4.85. The molecule has 0 unspecified atom stereocenters. The van der Waals surface area contributed by atoms with Crippen LogP contribution in [0.2, 0.25) is 0 Å². The second-order valence-corrected chi connectivity index (χ2v) is 4.56. The third-order valence-corrected chi connectivity index (χ3v) is 2.83. The topological polar surface area (TPSA) is 70.6 Å². The molecule has 1 aromatic carbocycles. The molecule has 1 aliphatic carbocycles. The number of aliphatic hydroxyl groups excluding tert-OH is 1. The summed E-state index contributed by atoms with van der Waals surface area (Å²) in [6, 6.07) is 5.40. The van der Waals surface area contributed by atoms with Gasteiger partial charge < -0.3 is 20.5 Å². The Morgan fingerprint density at radius 1 is 1.50 bits per heavy atom. The molecule has 2 rings (SSSR count). The number of ether oxygens (including phenoxy) is 1. The molecule has 0 heterocycles. The summed E-state index contributed by atoms with van der Waals surface area (Å²) in [4.78, 5) is 11.8. The Hall–Kier alpha value is -2.19. The number of benzene rings is 1. The van der Waals surface area contributed by atoms with Crippen LogP contribution in [-0.4, -0.2) is 30.9 Å². The molecule has 0 aliphatic heterocycles. The second-order valence-electron chi connectivity index (χ2n) is 4.56. The minimum atomic E-state index is -0.230. The first-order chi connectivity index (χ1) is 9.72. The zero-order valence-electron chi connectivity index (χ0n) is 11.4. The maximum atomic E-state index is 11.8. The Balaban J connectivity index is 2.09. The van der Waals surface area contributed by atoms with E-state index in [0.717, 1.165) is 18.4 Å². The van der Waals surface area contributed by atoms with E-state index in [1.54, 1.807) is 19.2 Å². The maximum absolute atomic E-state index is 11.8. The Morgan fingerprint density at radius 3 is 2.95 bits per heavy atom. The molecule has 1 aliphatic rings. The highest BCUT2D eigenvalue weighted by Crippen LogP contribution is 2.25. The van der Waals surface area contributed by atoms with E-state index in [1.165, 1.54) is 0 Å². The summed E-state index contributed by atoms with van der Waals surface area (Å²) in [5, 5.41) is 14.3. The van der Waals surface area contributed by atoms with Crippen molar-refractivity contribution >= 4 is 11.7 Å². The lowest BCUT2D eigenvalue weighted by Gasteiger charge is -2.11. The molecule has 5 nitrogen and oxygen atoms in total. The molecule has 106 valence electrons. The van der Waals surface area contributed by atoms with E-state index in [1.807, 2.05) is 6.07 Å². The van der Waals surface area contributed by atoms with Crippen molar-refractivity contribution in [2.75, 3.05) is 19.0 Å². The monoisotopic (exact) mass is 274 g/mol. The summed E-state index contributed by atoms with van der Waals surface area (Å²) >= 11 is 0. The van der Waals surface area contributed by atoms with E-state index >= 15 is 0 Å². The van der Waals surface area contributed by atoms with E-state index in [-0.39, 0.29) is 12.6 Å². The zero-order chi connectivity index (χ0) is 14.4. The van der Waals surface area contributed by atoms with Crippen molar-refractivity contribution in [1.82, 2.24) is 5.32 Å². The van der Waals surface area contributed by atoms with Gasteiger partial charge in [-0.05, 0) is 31.0 Å². The van der Waals surface area contributed by atoms with Crippen molar-refractivity contribution in [2.45, 2.75) is 25.3 Å². The van der Waals surface area contributed by atoms with Crippen molar-refractivity contribution in [3.05, 3.63) is 23.8 Å². The largest absolute Gasteiger partial charge is 0.495 e. The highest BCUT2D eigenvalue weighted by atomic mass is 16.5. The van der Waals surface area contributed by atoms with Gasteiger partial charge >= 0.3 is 6.03 Å². The SMILES string of the molecule is COc1ccc(C#CCCO)cc1NC(=O)NC1CC1. The van der Waals surface area contributed by atoms with Crippen LogP contribution in [0.5, 0.6) is 5.75 Å². The summed E-state index contributed by atoms with van der Waals surface area (Å²) in [6.45, 7) is 0.0397. The van der Waals surface area contributed by atoms with Gasteiger partial charge in [0, 0.05) is 18.0 Å². The first-order valence-electron chi connectivity index (χ1n) is 6.58. The molecular formula is C15H18N2O3. The minimum Gasteiger partial charge on any atom is -0.495 e. The number of anilines is 1. The third-order valence-electron chi connectivity index (χ3n) is 2.83. The highest BCUT2D eigenvalue weighted by molar-refractivity contribution is 5.91. The van der Waals surface area contributed by atoms with E-state index in [4.69, 9.17) is 9.84 Å². The van der Waals surface area contributed by atoms with Crippen molar-refractivity contribution in [3.8, 4) is 17.6 Å². The van der Waals surface area contributed by atoms with Crippen molar-refractivity contribution in [3.63, 3.8) is 0 Å². The lowest BCUT2D eigenvalue weighted by Crippen LogP contribution is -2.30. The smallest absolute Gasteiger partial charge is 0.319 e. The van der Waals surface area contributed by atoms with Gasteiger partial charge in [0.2, 0.25) is 0 Å². The van der Waals surface area contributed by atoms with Crippen LogP contribution < -0.4 is 15.4 Å². The number of hydrogen-bond donors (Lipinski definition) is 3. The standard InChI is InChI=1S/C15H18N2O3/c1-20-14-8-5-11(4-2-3-9-18)10-13(14)17-15(19)16-12-6-7-12/h5,8,10,12,18H,3,6-7,9H2,1H3,(H2,16,17,19). The molecule has 5 heteroatoms. The summed E-state index contributed by atoms with van der Waals surface area (Å²) in [7, 11) is 1.55. The van der Waals surface area contributed by atoms with Gasteiger partial charge in [0.15, 0.2) is 0 Å². The molecule has 0 radical (unpaired) electrons. The van der Waals surface area contributed by atoms with Crippen LogP contribution in [0.25, 0.3) is 0 Å². The first-order valence-corrected chi connectivity index (χ1v) is 6.58. The van der Waals surface area contributed by atoms with Crippen molar-refractivity contribution in [2.24, 2.45) is 0 Å². The second kappa shape index (κ2) is 6.83. The zero-order valence-corrected chi connectivity index (χ0v) is 11.4. The van der Waals surface area contributed by atoms with E-state index in [9.17, 15) is 4.79 Å². The normalized spacial score (nSPS) is 13.1. The van der Waals surface area contributed by atoms with Gasteiger partial charge in [0.1, 0.15) is 5.75 Å². The quantitative estimate of drug-likeness (QED) is 0.732. The molecule has 1 fully saturated rings. The van der Waals surface area contributed by atoms with Crippen LogP contribution in [0.1, 0.15) is 24.8 Å². The minimum absolute atomic E-state index is 0.0397. The Morgan fingerprint density at radius 2 is 2.30 bits per heavy atom. The van der Waals surface area contributed by atoms with Gasteiger partial charge in [-0.1, -0.05) is 11.8 Å². The summed E-state index contributed by atoms with van der Waals surface area (Å²) < 4.78 is 5.22. The molecular weight excluding hydrogens is 256 g/mol. The summed E-state index contributed by atoms with van der Waals surface area (Å²) in [6.07, 6.45) is 2.51. The molecule has 0 aromatic heterocycles. The van der Waals surface area contributed by atoms with Crippen LogP contribution >= 0.6 is 0 Å². The predicted molar refractivity (Wildman–Crippen MR) is 76.8 cm³/mol. The van der Waals surface area contributed by atoms with Gasteiger partial charge in [0.05, 0.1) is 19.4 Å². The lowest BCUT2D eigenvalue weighted by molar-refractivity contribution is 0.251. The molecule has 0 spiro atoms. The van der Waals surface area contributed by atoms with E-state index < -0.39 is 0 Å². The molecule has 20 heavy (non-hydrogen) atoms. The van der Waals surface area contributed by atoms with Crippen LogP contribution in [0.15, 0.2) is 18.2 Å². The van der Waals surface area contributed by atoms with E-state index in [0.29, 0.717) is 23.9 Å². The fourth-order valence-corrected chi connectivity index (χ4v) is 1.68. The number of aliphatic hydroxyl groups is 1.